The largest absolute Gasteiger partial charge is 0.394 e. The summed E-state index contributed by atoms with van der Waals surface area (Å²) >= 11 is 0. The van der Waals surface area contributed by atoms with Gasteiger partial charge in [-0.3, -0.25) is 0 Å². The van der Waals surface area contributed by atoms with Gasteiger partial charge in [-0.15, -0.1) is 6.42 Å². The highest BCUT2D eigenvalue weighted by Crippen LogP contribution is 2.21. The predicted molar refractivity (Wildman–Crippen MR) is 70.2 cm³/mol. The average Bonchev–Trinajstić information content (AvgIpc) is 2.49. The van der Waals surface area contributed by atoms with E-state index in [4.69, 9.17) is 30.5 Å². The molecule has 0 amide bonds. The van der Waals surface area contributed by atoms with Crippen molar-refractivity contribution >= 4 is 0 Å². The molecule has 0 spiro atoms. The Bertz CT molecular complexity index is 316. The van der Waals surface area contributed by atoms with Crippen molar-refractivity contribution < 1.29 is 39.4 Å². The van der Waals surface area contributed by atoms with Gasteiger partial charge in [0.05, 0.1) is 33.0 Å². The van der Waals surface area contributed by atoms with Crippen LogP contribution in [0.3, 0.4) is 0 Å². The van der Waals surface area contributed by atoms with Crippen molar-refractivity contribution in [2.24, 2.45) is 0 Å². The summed E-state index contributed by atoms with van der Waals surface area (Å²) in [7, 11) is 0. The van der Waals surface area contributed by atoms with E-state index in [9.17, 15) is 15.3 Å². The predicted octanol–water partition coefficient (Wildman–Crippen LogP) is -2.53. The molecular formula is C13H22O8. The van der Waals surface area contributed by atoms with E-state index in [-0.39, 0.29) is 19.8 Å². The molecule has 8 nitrogen and oxygen atoms in total. The van der Waals surface area contributed by atoms with Crippen LogP contribution in [0.1, 0.15) is 0 Å². The third-order valence-corrected chi connectivity index (χ3v) is 2.92. The van der Waals surface area contributed by atoms with Crippen LogP contribution in [0.15, 0.2) is 0 Å². The highest BCUT2D eigenvalue weighted by Gasteiger charge is 2.43. The summed E-state index contributed by atoms with van der Waals surface area (Å²) in [4.78, 5) is 0. The minimum absolute atomic E-state index is 0.109. The number of ether oxygens (including phenoxy) is 4. The van der Waals surface area contributed by atoms with E-state index in [1.807, 2.05) is 0 Å². The number of rotatable bonds is 9. The van der Waals surface area contributed by atoms with E-state index < -0.39 is 37.3 Å². The fraction of sp³-hybridized carbons (Fsp3) is 0.846. The third kappa shape index (κ3) is 5.86. The van der Waals surface area contributed by atoms with Gasteiger partial charge in [0.1, 0.15) is 31.0 Å². The first-order valence-electron chi connectivity index (χ1n) is 6.63. The molecule has 1 aliphatic rings. The number of terminal acetylenes is 1. The summed E-state index contributed by atoms with van der Waals surface area (Å²) in [6.45, 7) is 0.786. The molecule has 1 heterocycles. The molecule has 1 saturated heterocycles. The molecule has 21 heavy (non-hydrogen) atoms. The molecule has 1 rings (SSSR count). The Morgan fingerprint density at radius 2 is 1.62 bits per heavy atom. The van der Waals surface area contributed by atoms with E-state index in [0.717, 1.165) is 0 Å². The number of aliphatic hydroxyl groups excluding tert-OH is 4. The fourth-order valence-corrected chi connectivity index (χ4v) is 1.78. The minimum atomic E-state index is -1.45. The van der Waals surface area contributed by atoms with Gasteiger partial charge in [-0.2, -0.15) is 0 Å². The second-order valence-electron chi connectivity index (χ2n) is 4.44. The summed E-state index contributed by atoms with van der Waals surface area (Å²) in [6, 6.07) is 0. The first-order chi connectivity index (χ1) is 10.1. The van der Waals surface area contributed by atoms with Crippen LogP contribution in [0.4, 0.5) is 0 Å². The lowest BCUT2D eigenvalue weighted by atomic mass is 9.99. The van der Waals surface area contributed by atoms with Gasteiger partial charge >= 0.3 is 0 Å². The molecule has 0 radical (unpaired) electrons. The minimum Gasteiger partial charge on any atom is -0.394 e. The van der Waals surface area contributed by atoms with Crippen LogP contribution in [0.25, 0.3) is 0 Å². The van der Waals surface area contributed by atoms with Gasteiger partial charge in [0.25, 0.3) is 0 Å². The quantitative estimate of drug-likeness (QED) is 0.272. The maximum Gasteiger partial charge on any atom is 0.186 e. The molecule has 0 aromatic heterocycles. The van der Waals surface area contributed by atoms with Crippen LogP contribution in [0.2, 0.25) is 0 Å². The number of hydrogen-bond acceptors (Lipinski definition) is 8. The smallest absolute Gasteiger partial charge is 0.186 e. The lowest BCUT2D eigenvalue weighted by Gasteiger charge is -2.39. The monoisotopic (exact) mass is 306 g/mol. The Morgan fingerprint density at radius 1 is 0.952 bits per heavy atom. The van der Waals surface area contributed by atoms with Gasteiger partial charge < -0.3 is 39.4 Å². The van der Waals surface area contributed by atoms with Gasteiger partial charge in [0.2, 0.25) is 0 Å². The van der Waals surface area contributed by atoms with Gasteiger partial charge in [0, 0.05) is 0 Å². The Morgan fingerprint density at radius 3 is 2.29 bits per heavy atom. The molecule has 1 fully saturated rings. The Hall–Kier alpha value is -0.760. The summed E-state index contributed by atoms with van der Waals surface area (Å²) in [6.07, 6.45) is -1.36. The van der Waals surface area contributed by atoms with Crippen LogP contribution < -0.4 is 0 Å². The second kappa shape index (κ2) is 10.0. The standard InChI is InChI=1S/C13H22O8/c1-2-3-18-4-5-19-6-7-20-13-12(17)11(16)10(15)9(8-14)21-13/h1,9-17H,3-8H2/t9-,10-,11+,12-,13-/m1/s1. The van der Waals surface area contributed by atoms with Crippen LogP contribution in [-0.2, 0) is 18.9 Å². The normalized spacial score (nSPS) is 32.8. The molecule has 0 saturated carbocycles. The van der Waals surface area contributed by atoms with Crippen molar-refractivity contribution in [3.05, 3.63) is 0 Å². The van der Waals surface area contributed by atoms with Crippen LogP contribution in [-0.4, -0.2) is 90.8 Å². The first kappa shape index (κ1) is 18.3. The molecule has 0 unspecified atom stereocenters. The van der Waals surface area contributed by atoms with Gasteiger partial charge in [-0.1, -0.05) is 5.92 Å². The van der Waals surface area contributed by atoms with Crippen molar-refractivity contribution in [3.8, 4) is 12.3 Å². The molecule has 4 N–H and O–H groups in total. The zero-order valence-electron chi connectivity index (χ0n) is 11.6. The topological polar surface area (TPSA) is 118 Å². The van der Waals surface area contributed by atoms with Crippen molar-refractivity contribution in [1.29, 1.82) is 0 Å². The lowest BCUT2D eigenvalue weighted by molar-refractivity contribution is -0.302. The SMILES string of the molecule is C#CCOCCOCCO[C@@H]1O[C@H](CO)[C@@H](O)[C@H](O)[C@H]1O. The second-order valence-corrected chi connectivity index (χ2v) is 4.44. The molecule has 1 aliphatic heterocycles. The average molecular weight is 306 g/mol. The molecule has 5 atom stereocenters. The molecule has 0 aliphatic carbocycles. The maximum absolute atomic E-state index is 9.70. The fourth-order valence-electron chi connectivity index (χ4n) is 1.78. The lowest BCUT2D eigenvalue weighted by Crippen LogP contribution is -2.59. The number of hydrogen-bond donors (Lipinski definition) is 4. The highest BCUT2D eigenvalue weighted by molar-refractivity contribution is 4.88. The maximum atomic E-state index is 9.70. The summed E-state index contributed by atoms with van der Waals surface area (Å²) in [5, 5.41) is 37.9. The van der Waals surface area contributed by atoms with Crippen molar-refractivity contribution in [1.82, 2.24) is 0 Å². The van der Waals surface area contributed by atoms with E-state index in [1.54, 1.807) is 0 Å². The summed E-state index contributed by atoms with van der Waals surface area (Å²) in [5.74, 6) is 2.32. The Balaban J connectivity index is 2.17. The van der Waals surface area contributed by atoms with E-state index >= 15 is 0 Å². The van der Waals surface area contributed by atoms with Gasteiger partial charge in [0.15, 0.2) is 6.29 Å². The molecule has 0 aromatic carbocycles. The van der Waals surface area contributed by atoms with E-state index in [1.165, 1.54) is 0 Å². The first-order valence-corrected chi connectivity index (χ1v) is 6.63. The van der Waals surface area contributed by atoms with Crippen molar-refractivity contribution in [3.63, 3.8) is 0 Å². The molecular weight excluding hydrogens is 284 g/mol. The Labute approximate surface area is 123 Å². The molecule has 122 valence electrons. The van der Waals surface area contributed by atoms with Crippen molar-refractivity contribution in [2.75, 3.05) is 39.6 Å². The van der Waals surface area contributed by atoms with Gasteiger partial charge in [-0.25, -0.2) is 0 Å². The van der Waals surface area contributed by atoms with Crippen LogP contribution in [0, 0.1) is 12.3 Å². The molecule has 0 bridgehead atoms. The van der Waals surface area contributed by atoms with E-state index in [2.05, 4.69) is 5.92 Å². The summed E-state index contributed by atoms with van der Waals surface area (Å²) < 4.78 is 20.6. The third-order valence-electron chi connectivity index (χ3n) is 2.92. The Kier molecular flexibility index (Phi) is 8.75. The zero-order chi connectivity index (χ0) is 15.7. The zero-order valence-corrected chi connectivity index (χ0v) is 11.6. The van der Waals surface area contributed by atoms with Crippen LogP contribution >= 0.6 is 0 Å². The highest BCUT2D eigenvalue weighted by atomic mass is 16.7. The molecule has 0 aromatic rings. The van der Waals surface area contributed by atoms with E-state index in [0.29, 0.717) is 13.2 Å². The molecule has 8 heteroatoms. The van der Waals surface area contributed by atoms with Crippen LogP contribution in [0.5, 0.6) is 0 Å². The number of aliphatic hydroxyl groups is 4. The summed E-state index contributed by atoms with van der Waals surface area (Å²) in [5.41, 5.74) is 0. The van der Waals surface area contributed by atoms with Crippen molar-refractivity contribution in [2.45, 2.75) is 30.7 Å². The van der Waals surface area contributed by atoms with Gasteiger partial charge in [-0.05, 0) is 0 Å².